The first-order chi connectivity index (χ1) is 26.7. The van der Waals surface area contributed by atoms with E-state index in [1.807, 2.05) is 12.1 Å². The van der Waals surface area contributed by atoms with E-state index in [2.05, 4.69) is 132 Å². The number of para-hydroxylation sites is 4. The summed E-state index contributed by atoms with van der Waals surface area (Å²) in [7, 11) is 0. The highest BCUT2D eigenvalue weighted by atomic mass is 16.3. The van der Waals surface area contributed by atoms with Crippen molar-refractivity contribution in [1.82, 2.24) is 19.5 Å². The fraction of sp³-hybridized carbons (Fsp3) is 0.204. The normalized spacial score (nSPS) is 21.9. The van der Waals surface area contributed by atoms with Crippen LogP contribution in [0, 0.1) is 17.8 Å². The molecule has 13 rings (SSSR count). The maximum absolute atomic E-state index is 6.58. The van der Waals surface area contributed by atoms with Gasteiger partial charge in [-0.1, -0.05) is 103 Å². The highest BCUT2D eigenvalue weighted by molar-refractivity contribution is 6.10. The van der Waals surface area contributed by atoms with Crippen LogP contribution in [-0.2, 0) is 5.41 Å². The van der Waals surface area contributed by atoms with Gasteiger partial charge in [0.05, 0.1) is 16.6 Å². The fourth-order valence-corrected chi connectivity index (χ4v) is 11.1. The number of benzene rings is 6. The number of rotatable bonds is 5. The van der Waals surface area contributed by atoms with Crippen LogP contribution >= 0.6 is 0 Å². The van der Waals surface area contributed by atoms with E-state index in [1.165, 1.54) is 66.0 Å². The Bertz CT molecular complexity index is 2850. The number of furan rings is 1. The third kappa shape index (κ3) is 4.60. The third-order valence-corrected chi connectivity index (χ3v) is 13.0. The zero-order valence-electron chi connectivity index (χ0n) is 30.0. The molecule has 4 bridgehead atoms. The molecule has 6 aromatic carbocycles. The highest BCUT2D eigenvalue weighted by Crippen LogP contribution is 2.61. The summed E-state index contributed by atoms with van der Waals surface area (Å²) in [6.45, 7) is 0. The Hall–Kier alpha value is -6.07. The van der Waals surface area contributed by atoms with Gasteiger partial charge in [0.15, 0.2) is 11.6 Å². The summed E-state index contributed by atoms with van der Waals surface area (Å²) < 4.78 is 8.79. The summed E-state index contributed by atoms with van der Waals surface area (Å²) in [6, 6.07) is 49.7. The van der Waals surface area contributed by atoms with Crippen LogP contribution in [0.25, 0.3) is 83.6 Å². The SMILES string of the molecule is c1ccc(-c2cc(-c3nc(-c4cccc5c4oc4ccccc45)nc(-n4c5ccccc5c5ccccc54)n3)cc(C34CC5CC(CC(C5)C3)C4)c2)cc1. The van der Waals surface area contributed by atoms with Crippen LogP contribution in [0.2, 0.25) is 0 Å². The third-order valence-electron chi connectivity index (χ3n) is 13.0. The van der Waals surface area contributed by atoms with Crippen molar-refractivity contribution in [2.75, 3.05) is 0 Å². The predicted molar refractivity (Wildman–Crippen MR) is 218 cm³/mol. The molecule has 54 heavy (non-hydrogen) atoms. The molecule has 4 saturated carbocycles. The Morgan fingerprint density at radius 2 is 1.09 bits per heavy atom. The average molecular weight is 699 g/mol. The molecule has 0 radical (unpaired) electrons. The van der Waals surface area contributed by atoms with E-state index in [0.29, 0.717) is 17.6 Å². The van der Waals surface area contributed by atoms with Gasteiger partial charge < -0.3 is 4.42 Å². The van der Waals surface area contributed by atoms with Crippen LogP contribution in [0.3, 0.4) is 0 Å². The lowest BCUT2D eigenvalue weighted by molar-refractivity contribution is -0.00515. The molecule has 260 valence electrons. The second kappa shape index (κ2) is 11.5. The zero-order chi connectivity index (χ0) is 35.4. The molecule has 3 heterocycles. The van der Waals surface area contributed by atoms with E-state index in [9.17, 15) is 0 Å². The largest absolute Gasteiger partial charge is 0.455 e. The lowest BCUT2D eigenvalue weighted by Gasteiger charge is -2.57. The molecule has 0 aliphatic heterocycles. The Kier molecular flexibility index (Phi) is 6.45. The Balaban J connectivity index is 1.14. The van der Waals surface area contributed by atoms with Gasteiger partial charge in [-0.2, -0.15) is 9.97 Å². The Morgan fingerprint density at radius 3 is 1.81 bits per heavy atom. The lowest BCUT2D eigenvalue weighted by Crippen LogP contribution is -2.48. The minimum absolute atomic E-state index is 0.208. The van der Waals surface area contributed by atoms with Gasteiger partial charge in [-0.3, -0.25) is 4.57 Å². The minimum Gasteiger partial charge on any atom is -0.455 e. The van der Waals surface area contributed by atoms with Crippen LogP contribution in [0.4, 0.5) is 0 Å². The molecular weight excluding hydrogens is 661 g/mol. The van der Waals surface area contributed by atoms with Gasteiger partial charge >= 0.3 is 0 Å². The van der Waals surface area contributed by atoms with Crippen LogP contribution in [0.15, 0.2) is 144 Å². The molecule has 9 aromatic rings. The van der Waals surface area contributed by atoms with Crippen molar-refractivity contribution in [1.29, 1.82) is 0 Å². The van der Waals surface area contributed by atoms with Crippen molar-refractivity contribution in [3.05, 3.63) is 145 Å². The van der Waals surface area contributed by atoms with Gasteiger partial charge in [-0.25, -0.2) is 4.98 Å². The standard InChI is InChI=1S/C49H38N4O/c1-2-11-33(12-3-1)34-24-35(26-36(25-34)49-27-30-21-31(28-49)23-32(22-30)29-49)46-50-47(41-17-10-16-40-39-15-6-9-20-44(39)54-45(40)41)52-48(51-46)53-42-18-7-4-13-37(42)38-14-5-8-19-43(38)53/h1-20,24-26,30-32H,21-23,27-29H2. The smallest absolute Gasteiger partial charge is 0.238 e. The Morgan fingerprint density at radius 1 is 0.500 bits per heavy atom. The van der Waals surface area contributed by atoms with Gasteiger partial charge in [0.2, 0.25) is 5.95 Å². The summed E-state index contributed by atoms with van der Waals surface area (Å²) in [5, 5.41) is 4.48. The quantitative estimate of drug-likeness (QED) is 0.180. The molecule has 5 nitrogen and oxygen atoms in total. The van der Waals surface area contributed by atoms with Crippen LogP contribution in [-0.4, -0.2) is 19.5 Å². The monoisotopic (exact) mass is 698 g/mol. The molecular formula is C49H38N4O. The van der Waals surface area contributed by atoms with Crippen molar-refractivity contribution >= 4 is 43.7 Å². The first-order valence-corrected chi connectivity index (χ1v) is 19.5. The molecule has 0 spiro atoms. The van der Waals surface area contributed by atoms with E-state index >= 15 is 0 Å². The van der Waals surface area contributed by atoms with Crippen molar-refractivity contribution in [2.45, 2.75) is 43.9 Å². The number of aromatic nitrogens is 4. The molecule has 4 aliphatic rings. The predicted octanol–water partition coefficient (Wildman–Crippen LogP) is 12.3. The summed E-state index contributed by atoms with van der Waals surface area (Å²) in [5.41, 5.74) is 9.76. The first-order valence-electron chi connectivity index (χ1n) is 19.5. The maximum Gasteiger partial charge on any atom is 0.238 e. The van der Waals surface area contributed by atoms with E-state index in [-0.39, 0.29) is 5.41 Å². The molecule has 0 amide bonds. The summed E-state index contributed by atoms with van der Waals surface area (Å²) >= 11 is 0. The van der Waals surface area contributed by atoms with Crippen molar-refractivity contribution in [2.24, 2.45) is 17.8 Å². The average Bonchev–Trinajstić information content (AvgIpc) is 3.77. The summed E-state index contributed by atoms with van der Waals surface area (Å²) in [6.07, 6.45) is 8.11. The van der Waals surface area contributed by atoms with E-state index < -0.39 is 0 Å². The Labute approximate surface area is 313 Å². The molecule has 4 fully saturated rings. The highest BCUT2D eigenvalue weighted by Gasteiger charge is 2.51. The number of hydrogen-bond acceptors (Lipinski definition) is 4. The van der Waals surface area contributed by atoms with Gasteiger partial charge in [0.1, 0.15) is 11.2 Å². The molecule has 5 heteroatoms. The molecule has 0 unspecified atom stereocenters. The summed E-state index contributed by atoms with van der Waals surface area (Å²) in [4.78, 5) is 16.1. The van der Waals surface area contributed by atoms with Crippen LogP contribution < -0.4 is 0 Å². The number of fused-ring (bicyclic) bond motifs is 6. The van der Waals surface area contributed by atoms with Crippen LogP contribution in [0.1, 0.15) is 44.1 Å². The van der Waals surface area contributed by atoms with Crippen molar-refractivity contribution in [3.63, 3.8) is 0 Å². The zero-order valence-corrected chi connectivity index (χ0v) is 30.0. The van der Waals surface area contributed by atoms with E-state index in [0.717, 1.165) is 61.9 Å². The molecule has 4 aliphatic carbocycles. The molecule has 0 atom stereocenters. The van der Waals surface area contributed by atoms with Crippen LogP contribution in [0.5, 0.6) is 0 Å². The topological polar surface area (TPSA) is 56.7 Å². The maximum atomic E-state index is 6.58. The van der Waals surface area contributed by atoms with Gasteiger partial charge in [-0.05, 0) is 115 Å². The fourth-order valence-electron chi connectivity index (χ4n) is 11.1. The van der Waals surface area contributed by atoms with Crippen molar-refractivity contribution in [3.8, 4) is 39.9 Å². The summed E-state index contributed by atoms with van der Waals surface area (Å²) in [5.74, 6) is 4.40. The van der Waals surface area contributed by atoms with E-state index in [4.69, 9.17) is 19.4 Å². The van der Waals surface area contributed by atoms with Crippen molar-refractivity contribution < 1.29 is 4.42 Å². The van der Waals surface area contributed by atoms with Gasteiger partial charge in [0.25, 0.3) is 0 Å². The minimum atomic E-state index is 0.208. The first kappa shape index (κ1) is 30.4. The second-order valence-electron chi connectivity index (χ2n) is 16.3. The number of nitrogens with zero attached hydrogens (tertiary/aromatic N) is 4. The molecule has 0 N–H and O–H groups in total. The van der Waals surface area contributed by atoms with E-state index in [1.54, 1.807) is 0 Å². The second-order valence-corrected chi connectivity index (χ2v) is 16.3. The lowest BCUT2D eigenvalue weighted by atomic mass is 9.48. The molecule has 0 saturated heterocycles. The van der Waals surface area contributed by atoms with Gasteiger partial charge in [0, 0.05) is 27.1 Å². The van der Waals surface area contributed by atoms with Gasteiger partial charge in [-0.15, -0.1) is 0 Å². The number of hydrogen-bond donors (Lipinski definition) is 0. The molecule has 3 aromatic heterocycles.